The number of aromatic nitrogens is 2. The molecule has 2 heterocycles. The van der Waals surface area contributed by atoms with Crippen LogP contribution in [0.5, 0.6) is 0 Å². The molecule has 0 aliphatic carbocycles. The number of carbonyl (C=O) groups excluding carboxylic acids is 2. The van der Waals surface area contributed by atoms with Gasteiger partial charge in [-0.25, -0.2) is 4.98 Å². The van der Waals surface area contributed by atoms with Gasteiger partial charge in [-0.15, -0.1) is 0 Å². The number of nitrogens with one attached hydrogen (secondary N) is 3. The van der Waals surface area contributed by atoms with Gasteiger partial charge in [-0.2, -0.15) is 0 Å². The number of carbonyl (C=O) groups is 2. The lowest BCUT2D eigenvalue weighted by molar-refractivity contribution is -0.126. The van der Waals surface area contributed by atoms with Crippen LogP contribution in [0.4, 0.5) is 0 Å². The minimum absolute atomic E-state index is 0.126. The number of nitrogens with zero attached hydrogens (tertiary/aromatic N) is 2. The summed E-state index contributed by atoms with van der Waals surface area (Å²) in [5.41, 5.74) is -0.247. The second-order valence-electron chi connectivity index (χ2n) is 4.41. The maximum Gasteiger partial charge on any atom is 0.274 e. The molecule has 1 unspecified atom stereocenters. The van der Waals surface area contributed by atoms with Crippen molar-refractivity contribution in [2.24, 2.45) is 0 Å². The third-order valence-corrected chi connectivity index (χ3v) is 3.05. The van der Waals surface area contributed by atoms with Crippen molar-refractivity contribution >= 4 is 11.8 Å². The van der Waals surface area contributed by atoms with Gasteiger partial charge >= 0.3 is 0 Å². The van der Waals surface area contributed by atoms with Gasteiger partial charge in [0.25, 0.3) is 11.5 Å². The Morgan fingerprint density at radius 3 is 3.00 bits per heavy atom. The van der Waals surface area contributed by atoms with Gasteiger partial charge in [0.15, 0.2) is 0 Å². The van der Waals surface area contributed by atoms with E-state index in [-0.39, 0.29) is 23.1 Å². The van der Waals surface area contributed by atoms with E-state index in [1.165, 1.54) is 11.1 Å². The second-order valence-corrected chi connectivity index (χ2v) is 4.41. The van der Waals surface area contributed by atoms with Crippen LogP contribution in [0.25, 0.3) is 0 Å². The summed E-state index contributed by atoms with van der Waals surface area (Å²) in [6, 6.07) is -0.565. The van der Waals surface area contributed by atoms with Crippen molar-refractivity contribution in [3.8, 4) is 0 Å². The average Bonchev–Trinajstić information content (AvgIpc) is 2.47. The molecule has 0 aromatic carbocycles. The van der Waals surface area contributed by atoms with E-state index >= 15 is 0 Å². The molecule has 1 saturated heterocycles. The van der Waals surface area contributed by atoms with Crippen LogP contribution in [0, 0.1) is 0 Å². The third-order valence-electron chi connectivity index (χ3n) is 3.05. The van der Waals surface area contributed by atoms with E-state index in [0.29, 0.717) is 26.2 Å². The van der Waals surface area contributed by atoms with Gasteiger partial charge < -0.3 is 20.5 Å². The van der Waals surface area contributed by atoms with Gasteiger partial charge in [-0.05, 0) is 6.92 Å². The number of amides is 2. The lowest BCUT2D eigenvalue weighted by Gasteiger charge is -2.34. The first-order valence-electron chi connectivity index (χ1n) is 6.47. The van der Waals surface area contributed by atoms with Gasteiger partial charge in [0.05, 0.1) is 6.20 Å². The van der Waals surface area contributed by atoms with Gasteiger partial charge in [-0.3, -0.25) is 14.4 Å². The normalized spacial score (nSPS) is 18.6. The van der Waals surface area contributed by atoms with E-state index in [1.54, 1.807) is 0 Å². The van der Waals surface area contributed by atoms with Gasteiger partial charge in [0, 0.05) is 32.4 Å². The van der Waals surface area contributed by atoms with Crippen molar-refractivity contribution in [1.82, 2.24) is 25.5 Å². The molecule has 8 heteroatoms. The van der Waals surface area contributed by atoms with Crippen LogP contribution in [0.1, 0.15) is 17.4 Å². The molecule has 0 saturated carbocycles. The third kappa shape index (κ3) is 3.02. The molecule has 1 atom stereocenters. The summed E-state index contributed by atoms with van der Waals surface area (Å²) >= 11 is 0. The van der Waals surface area contributed by atoms with Crippen molar-refractivity contribution in [3.63, 3.8) is 0 Å². The van der Waals surface area contributed by atoms with E-state index in [0.717, 1.165) is 6.20 Å². The van der Waals surface area contributed by atoms with Crippen molar-refractivity contribution < 1.29 is 9.59 Å². The highest BCUT2D eigenvalue weighted by atomic mass is 16.2. The summed E-state index contributed by atoms with van der Waals surface area (Å²) in [4.78, 5) is 43.0. The fraction of sp³-hybridized carbons (Fsp3) is 0.500. The van der Waals surface area contributed by atoms with E-state index in [9.17, 15) is 14.4 Å². The SMILES string of the molecule is CCNC(=O)C1CNCCN1C(=O)c1c[nH]c(=O)cn1. The van der Waals surface area contributed by atoms with E-state index in [2.05, 4.69) is 20.6 Å². The molecule has 0 bridgehead atoms. The Morgan fingerprint density at radius 1 is 1.55 bits per heavy atom. The number of rotatable bonds is 3. The van der Waals surface area contributed by atoms with Crippen molar-refractivity contribution in [3.05, 3.63) is 28.4 Å². The zero-order valence-corrected chi connectivity index (χ0v) is 11.2. The standard InChI is InChI=1S/C12H17N5O3/c1-2-14-11(19)9-6-13-3-4-17(9)12(20)8-5-16-10(18)7-15-8/h5,7,9,13H,2-4,6H2,1H3,(H,14,19)(H,16,18). The lowest BCUT2D eigenvalue weighted by Crippen LogP contribution is -2.59. The fourth-order valence-corrected chi connectivity index (χ4v) is 2.08. The summed E-state index contributed by atoms with van der Waals surface area (Å²) in [5.74, 6) is -0.559. The molecule has 0 spiro atoms. The summed E-state index contributed by atoms with van der Waals surface area (Å²) < 4.78 is 0. The van der Waals surface area contributed by atoms with Crippen molar-refractivity contribution in [2.45, 2.75) is 13.0 Å². The zero-order chi connectivity index (χ0) is 14.5. The Labute approximate surface area is 115 Å². The largest absolute Gasteiger partial charge is 0.355 e. The first-order chi connectivity index (χ1) is 9.63. The Morgan fingerprint density at radius 2 is 2.35 bits per heavy atom. The quantitative estimate of drug-likeness (QED) is 0.612. The van der Waals surface area contributed by atoms with E-state index in [4.69, 9.17) is 0 Å². The van der Waals surface area contributed by atoms with Gasteiger partial charge in [0.2, 0.25) is 5.91 Å². The molecule has 0 radical (unpaired) electrons. The molecule has 8 nitrogen and oxygen atoms in total. The Balaban J connectivity index is 2.18. The second kappa shape index (κ2) is 6.29. The molecule has 2 rings (SSSR count). The average molecular weight is 279 g/mol. The molecule has 3 N–H and O–H groups in total. The summed E-state index contributed by atoms with van der Waals surface area (Å²) in [5, 5.41) is 5.80. The minimum Gasteiger partial charge on any atom is -0.355 e. The molecule has 1 aliphatic rings. The highest BCUT2D eigenvalue weighted by Crippen LogP contribution is 2.08. The van der Waals surface area contributed by atoms with Crippen LogP contribution in [0.3, 0.4) is 0 Å². The maximum absolute atomic E-state index is 12.4. The molecular weight excluding hydrogens is 262 g/mol. The lowest BCUT2D eigenvalue weighted by atomic mass is 10.1. The summed E-state index contributed by atoms with van der Waals surface area (Å²) in [6.07, 6.45) is 2.32. The van der Waals surface area contributed by atoms with Crippen LogP contribution in [0.2, 0.25) is 0 Å². The van der Waals surface area contributed by atoms with Crippen LogP contribution in [0.15, 0.2) is 17.2 Å². The minimum atomic E-state index is -0.565. The number of piperazine rings is 1. The van der Waals surface area contributed by atoms with Crippen LogP contribution < -0.4 is 16.2 Å². The highest BCUT2D eigenvalue weighted by molar-refractivity contribution is 5.96. The first kappa shape index (κ1) is 14.2. The molecular formula is C12H17N5O3. The van der Waals surface area contributed by atoms with E-state index in [1.807, 2.05) is 6.92 Å². The number of likely N-dealkylation sites (N-methyl/N-ethyl adjacent to an activating group) is 1. The Hall–Kier alpha value is -2.22. The molecule has 1 aromatic heterocycles. The van der Waals surface area contributed by atoms with Crippen LogP contribution in [-0.4, -0.2) is 58.9 Å². The number of aromatic amines is 1. The number of H-pyrrole nitrogens is 1. The van der Waals surface area contributed by atoms with Gasteiger partial charge in [-0.1, -0.05) is 0 Å². The first-order valence-corrected chi connectivity index (χ1v) is 6.47. The summed E-state index contributed by atoms with van der Waals surface area (Å²) in [7, 11) is 0. The maximum atomic E-state index is 12.4. The molecule has 1 fully saturated rings. The molecule has 20 heavy (non-hydrogen) atoms. The van der Waals surface area contributed by atoms with Crippen molar-refractivity contribution in [2.75, 3.05) is 26.2 Å². The molecule has 1 aliphatic heterocycles. The van der Waals surface area contributed by atoms with Crippen LogP contribution in [-0.2, 0) is 4.79 Å². The van der Waals surface area contributed by atoms with Gasteiger partial charge in [0.1, 0.15) is 11.7 Å². The zero-order valence-electron chi connectivity index (χ0n) is 11.2. The van der Waals surface area contributed by atoms with Crippen LogP contribution >= 0.6 is 0 Å². The Bertz CT molecular complexity index is 536. The molecule has 1 aromatic rings. The number of hydrogen-bond donors (Lipinski definition) is 3. The highest BCUT2D eigenvalue weighted by Gasteiger charge is 2.32. The monoisotopic (exact) mass is 279 g/mol. The topological polar surface area (TPSA) is 107 Å². The predicted octanol–water partition coefficient (Wildman–Crippen LogP) is -1.68. The molecule has 108 valence electrons. The summed E-state index contributed by atoms with van der Waals surface area (Å²) in [6.45, 7) is 3.77. The smallest absolute Gasteiger partial charge is 0.274 e. The predicted molar refractivity (Wildman–Crippen MR) is 71.2 cm³/mol. The van der Waals surface area contributed by atoms with Crippen molar-refractivity contribution in [1.29, 1.82) is 0 Å². The number of hydrogen-bond acceptors (Lipinski definition) is 5. The van der Waals surface area contributed by atoms with E-state index < -0.39 is 6.04 Å². The molecule has 2 amide bonds. The fourth-order valence-electron chi connectivity index (χ4n) is 2.08. The Kier molecular flexibility index (Phi) is 4.46.